The number of hydrogen-bond acceptors (Lipinski definition) is 5. The molecular formula is C14H22N2O5S. The molecule has 0 unspecified atom stereocenters. The van der Waals surface area contributed by atoms with Gasteiger partial charge in [0.2, 0.25) is 10.0 Å². The van der Waals surface area contributed by atoms with Crippen LogP contribution in [0.15, 0.2) is 9.31 Å². The second kappa shape index (κ2) is 6.02. The highest BCUT2D eigenvalue weighted by Crippen LogP contribution is 2.29. The summed E-state index contributed by atoms with van der Waals surface area (Å²) in [5.41, 5.74) is -0.260. The van der Waals surface area contributed by atoms with Gasteiger partial charge in [0.25, 0.3) is 0 Å². The van der Waals surface area contributed by atoms with Gasteiger partial charge in [-0.25, -0.2) is 13.2 Å². The summed E-state index contributed by atoms with van der Waals surface area (Å²) in [5, 5.41) is 9.29. The second-order valence-corrected chi connectivity index (χ2v) is 7.63. The maximum atomic E-state index is 12.8. The highest BCUT2D eigenvalue weighted by molar-refractivity contribution is 7.89. The molecule has 0 amide bonds. The molecule has 0 aromatic carbocycles. The quantitative estimate of drug-likeness (QED) is 0.895. The summed E-state index contributed by atoms with van der Waals surface area (Å²) >= 11 is 0. The van der Waals surface area contributed by atoms with Crippen LogP contribution in [0.2, 0.25) is 0 Å². The van der Waals surface area contributed by atoms with Crippen molar-refractivity contribution in [1.82, 2.24) is 9.21 Å². The highest BCUT2D eigenvalue weighted by Gasteiger charge is 2.36. The number of carboxylic acids is 1. The summed E-state index contributed by atoms with van der Waals surface area (Å²) < 4.78 is 32.2. The molecule has 0 aliphatic carbocycles. The molecule has 0 bridgehead atoms. The minimum absolute atomic E-state index is 0.115. The molecule has 0 atom stereocenters. The summed E-state index contributed by atoms with van der Waals surface area (Å²) in [6.45, 7) is 9.05. The molecule has 7 nitrogen and oxygen atoms in total. The maximum Gasteiger partial charge on any atom is 0.340 e. The molecule has 1 N–H and O–H groups in total. The number of piperazine rings is 1. The number of nitrogens with zero attached hydrogens (tertiary/aromatic N) is 2. The number of rotatable bonds is 4. The van der Waals surface area contributed by atoms with Crippen molar-refractivity contribution in [2.45, 2.75) is 38.6 Å². The van der Waals surface area contributed by atoms with E-state index in [0.717, 1.165) is 0 Å². The van der Waals surface area contributed by atoms with E-state index in [4.69, 9.17) is 4.42 Å². The lowest BCUT2D eigenvalue weighted by Gasteiger charge is -2.36. The average Bonchev–Trinajstić information content (AvgIpc) is 2.74. The SMILES string of the molecule is Cc1oc(C)c(S(=O)(=O)N2CCN(C(C)C)CC2)c1C(=O)O. The van der Waals surface area contributed by atoms with Gasteiger partial charge in [0.15, 0.2) is 0 Å². The van der Waals surface area contributed by atoms with Crippen LogP contribution in [0.1, 0.15) is 35.7 Å². The van der Waals surface area contributed by atoms with Crippen molar-refractivity contribution in [3.63, 3.8) is 0 Å². The largest absolute Gasteiger partial charge is 0.478 e. The minimum atomic E-state index is -3.86. The zero-order valence-corrected chi connectivity index (χ0v) is 14.1. The van der Waals surface area contributed by atoms with Gasteiger partial charge >= 0.3 is 5.97 Å². The Hall–Kier alpha value is -1.38. The Morgan fingerprint density at radius 2 is 1.68 bits per heavy atom. The lowest BCUT2D eigenvalue weighted by Crippen LogP contribution is -2.50. The molecule has 2 rings (SSSR count). The zero-order valence-electron chi connectivity index (χ0n) is 13.3. The molecule has 0 radical (unpaired) electrons. The predicted octanol–water partition coefficient (Wildman–Crippen LogP) is 1.31. The summed E-state index contributed by atoms with van der Waals surface area (Å²) in [5.74, 6) is -1.04. The van der Waals surface area contributed by atoms with E-state index in [2.05, 4.69) is 18.7 Å². The molecule has 0 saturated carbocycles. The van der Waals surface area contributed by atoms with Crippen molar-refractivity contribution < 1.29 is 22.7 Å². The van der Waals surface area contributed by atoms with Crippen LogP contribution in [0.4, 0.5) is 0 Å². The Labute approximate surface area is 130 Å². The summed E-state index contributed by atoms with van der Waals surface area (Å²) in [6.07, 6.45) is 0. The summed E-state index contributed by atoms with van der Waals surface area (Å²) in [6, 6.07) is 0.359. The third kappa shape index (κ3) is 2.90. The van der Waals surface area contributed by atoms with Crippen LogP contribution in [-0.4, -0.2) is 60.9 Å². The van der Waals surface area contributed by atoms with E-state index in [1.807, 2.05) is 0 Å². The minimum Gasteiger partial charge on any atom is -0.478 e. The molecule has 1 aliphatic heterocycles. The molecule has 22 heavy (non-hydrogen) atoms. The lowest BCUT2D eigenvalue weighted by molar-refractivity contribution is 0.0691. The number of carboxylic acid groups (broad SMARTS) is 1. The molecule has 124 valence electrons. The fraction of sp³-hybridized carbons (Fsp3) is 0.643. The van der Waals surface area contributed by atoms with Crippen molar-refractivity contribution in [2.75, 3.05) is 26.2 Å². The normalized spacial score (nSPS) is 18.0. The van der Waals surface area contributed by atoms with E-state index >= 15 is 0 Å². The van der Waals surface area contributed by atoms with Crippen molar-refractivity contribution in [3.8, 4) is 0 Å². The van der Waals surface area contributed by atoms with Gasteiger partial charge in [-0.2, -0.15) is 4.31 Å². The molecule has 1 aromatic rings. The smallest absolute Gasteiger partial charge is 0.340 e. The third-order valence-corrected chi connectivity index (χ3v) is 6.07. The van der Waals surface area contributed by atoms with Crippen LogP contribution >= 0.6 is 0 Å². The Morgan fingerprint density at radius 1 is 1.14 bits per heavy atom. The Balaban J connectivity index is 2.35. The van der Waals surface area contributed by atoms with Gasteiger partial charge in [-0.1, -0.05) is 0 Å². The van der Waals surface area contributed by atoms with Crippen molar-refractivity contribution in [3.05, 3.63) is 17.1 Å². The molecule has 2 heterocycles. The third-order valence-electron chi connectivity index (χ3n) is 4.02. The Morgan fingerprint density at radius 3 is 2.14 bits per heavy atom. The fourth-order valence-corrected chi connectivity index (χ4v) is 4.61. The van der Waals surface area contributed by atoms with Gasteiger partial charge in [0.1, 0.15) is 22.0 Å². The monoisotopic (exact) mass is 330 g/mol. The number of carbonyl (C=O) groups is 1. The van der Waals surface area contributed by atoms with Crippen LogP contribution in [0.5, 0.6) is 0 Å². The van der Waals surface area contributed by atoms with E-state index in [9.17, 15) is 18.3 Å². The van der Waals surface area contributed by atoms with Gasteiger partial charge in [-0.05, 0) is 27.7 Å². The topological polar surface area (TPSA) is 91.1 Å². The van der Waals surface area contributed by atoms with Gasteiger partial charge in [0, 0.05) is 32.2 Å². The van der Waals surface area contributed by atoms with Gasteiger partial charge < -0.3 is 9.52 Å². The Bertz CT molecular complexity index is 670. The number of aryl methyl sites for hydroxylation is 2. The van der Waals surface area contributed by atoms with E-state index < -0.39 is 16.0 Å². The summed E-state index contributed by atoms with van der Waals surface area (Å²) in [7, 11) is -3.86. The van der Waals surface area contributed by atoms with E-state index in [1.165, 1.54) is 18.2 Å². The standard InChI is InChI=1S/C14H22N2O5S/c1-9(2)15-5-7-16(8-6-15)22(19,20)13-11(4)21-10(3)12(13)14(17)18/h9H,5-8H2,1-4H3,(H,17,18). The van der Waals surface area contributed by atoms with Crippen molar-refractivity contribution in [1.29, 1.82) is 0 Å². The zero-order chi connectivity index (χ0) is 16.7. The number of aromatic carboxylic acids is 1. The van der Waals surface area contributed by atoms with E-state index in [0.29, 0.717) is 32.2 Å². The first kappa shape index (κ1) is 17.0. The van der Waals surface area contributed by atoms with Gasteiger partial charge in [-0.3, -0.25) is 4.90 Å². The summed E-state index contributed by atoms with van der Waals surface area (Å²) in [4.78, 5) is 13.4. The molecular weight excluding hydrogens is 308 g/mol. The fourth-order valence-electron chi connectivity index (χ4n) is 2.81. The van der Waals surface area contributed by atoms with Crippen molar-refractivity contribution in [2.24, 2.45) is 0 Å². The number of furan rings is 1. The molecule has 1 aliphatic rings. The first-order valence-corrected chi connectivity index (χ1v) is 8.67. The number of hydrogen-bond donors (Lipinski definition) is 1. The second-order valence-electron chi connectivity index (χ2n) is 5.76. The van der Waals surface area contributed by atoms with Crippen molar-refractivity contribution >= 4 is 16.0 Å². The van der Waals surface area contributed by atoms with Crippen LogP contribution in [0.25, 0.3) is 0 Å². The predicted molar refractivity (Wildman–Crippen MR) is 80.6 cm³/mol. The van der Waals surface area contributed by atoms with Crippen LogP contribution in [0.3, 0.4) is 0 Å². The highest BCUT2D eigenvalue weighted by atomic mass is 32.2. The first-order chi connectivity index (χ1) is 10.2. The average molecular weight is 330 g/mol. The van der Waals surface area contributed by atoms with Gasteiger partial charge in [0.05, 0.1) is 0 Å². The number of sulfonamides is 1. The lowest BCUT2D eigenvalue weighted by atomic mass is 10.2. The van der Waals surface area contributed by atoms with Gasteiger partial charge in [-0.15, -0.1) is 0 Å². The van der Waals surface area contributed by atoms with Crippen LogP contribution in [0, 0.1) is 13.8 Å². The first-order valence-electron chi connectivity index (χ1n) is 7.23. The molecule has 8 heteroatoms. The van der Waals surface area contributed by atoms with E-state index in [-0.39, 0.29) is 22.0 Å². The Kier molecular flexibility index (Phi) is 4.65. The van der Waals surface area contributed by atoms with Crippen LogP contribution in [-0.2, 0) is 10.0 Å². The van der Waals surface area contributed by atoms with Crippen LogP contribution < -0.4 is 0 Å². The molecule has 1 aromatic heterocycles. The van der Waals surface area contributed by atoms with E-state index in [1.54, 1.807) is 0 Å². The molecule has 0 spiro atoms. The maximum absolute atomic E-state index is 12.8. The molecule has 1 saturated heterocycles. The molecule has 1 fully saturated rings.